The van der Waals surface area contributed by atoms with Gasteiger partial charge in [0.1, 0.15) is 0 Å². The molecule has 0 fully saturated rings. The molecular formula is C17H14F3N3OS. The van der Waals surface area contributed by atoms with Crippen molar-refractivity contribution >= 4 is 34.2 Å². The van der Waals surface area contributed by atoms with Gasteiger partial charge in [-0.2, -0.15) is 13.2 Å². The molecular weight excluding hydrogens is 351 g/mol. The molecule has 3 rings (SSSR count). The SMILES string of the molecule is NC(=O)CC1SC(Nc2cccc(C(F)(F)F)c2)=Nc2ccccc21. The highest BCUT2D eigenvalue weighted by atomic mass is 32.2. The fourth-order valence-electron chi connectivity index (χ4n) is 2.48. The molecule has 8 heteroatoms. The Morgan fingerprint density at radius 2 is 1.96 bits per heavy atom. The summed E-state index contributed by atoms with van der Waals surface area (Å²) in [5.41, 5.74) is 6.39. The van der Waals surface area contributed by atoms with Crippen LogP contribution >= 0.6 is 11.8 Å². The summed E-state index contributed by atoms with van der Waals surface area (Å²) in [4.78, 5) is 15.7. The maximum atomic E-state index is 12.8. The lowest BCUT2D eigenvalue weighted by molar-refractivity contribution is -0.137. The number of rotatable bonds is 3. The van der Waals surface area contributed by atoms with Gasteiger partial charge in [0.15, 0.2) is 5.17 Å². The van der Waals surface area contributed by atoms with E-state index in [2.05, 4.69) is 10.3 Å². The van der Waals surface area contributed by atoms with E-state index in [1.165, 1.54) is 23.9 Å². The van der Waals surface area contributed by atoms with Gasteiger partial charge in [0.05, 0.1) is 11.3 Å². The first-order valence-corrected chi connectivity index (χ1v) is 8.28. The lowest BCUT2D eigenvalue weighted by Crippen LogP contribution is -2.19. The van der Waals surface area contributed by atoms with Crippen LogP contribution in [0.25, 0.3) is 0 Å². The number of carbonyl (C=O) groups excluding carboxylic acids is 1. The fourth-order valence-corrected chi connectivity index (χ4v) is 3.66. The molecule has 25 heavy (non-hydrogen) atoms. The van der Waals surface area contributed by atoms with E-state index in [9.17, 15) is 18.0 Å². The Hall–Kier alpha value is -2.48. The van der Waals surface area contributed by atoms with E-state index in [-0.39, 0.29) is 17.4 Å². The van der Waals surface area contributed by atoms with Crippen LogP contribution in [-0.2, 0) is 11.0 Å². The molecule has 1 heterocycles. The van der Waals surface area contributed by atoms with E-state index in [4.69, 9.17) is 5.73 Å². The van der Waals surface area contributed by atoms with Crippen molar-refractivity contribution in [3.63, 3.8) is 0 Å². The van der Waals surface area contributed by atoms with Gasteiger partial charge in [-0.25, -0.2) is 4.99 Å². The van der Waals surface area contributed by atoms with E-state index in [0.29, 0.717) is 10.9 Å². The van der Waals surface area contributed by atoms with Gasteiger partial charge < -0.3 is 11.1 Å². The first kappa shape index (κ1) is 17.3. The number of carbonyl (C=O) groups is 1. The minimum absolute atomic E-state index is 0.116. The number of fused-ring (bicyclic) bond motifs is 1. The summed E-state index contributed by atoms with van der Waals surface area (Å²) in [7, 11) is 0. The van der Waals surface area contributed by atoms with Gasteiger partial charge in [-0.15, -0.1) is 0 Å². The van der Waals surface area contributed by atoms with Crippen molar-refractivity contribution in [1.82, 2.24) is 0 Å². The van der Waals surface area contributed by atoms with E-state index >= 15 is 0 Å². The van der Waals surface area contributed by atoms with Crippen LogP contribution in [0.3, 0.4) is 0 Å². The molecule has 2 aromatic rings. The fraction of sp³-hybridized carbons (Fsp3) is 0.176. The Balaban J connectivity index is 1.88. The Kier molecular flexibility index (Phi) is 4.71. The smallest absolute Gasteiger partial charge is 0.370 e. The number of anilines is 1. The standard InChI is InChI=1S/C17H14F3N3OS/c18-17(19,20)10-4-3-5-11(8-10)22-16-23-13-7-2-1-6-12(13)14(25-16)9-15(21)24/h1-8,14H,9H2,(H2,21,24)(H,22,23). The number of nitrogens with two attached hydrogens (primary N) is 1. The third-order valence-electron chi connectivity index (χ3n) is 3.59. The minimum atomic E-state index is -4.42. The third kappa shape index (κ3) is 4.14. The number of halogens is 3. The maximum Gasteiger partial charge on any atom is 0.416 e. The number of thioether (sulfide) groups is 1. The van der Waals surface area contributed by atoms with Crippen LogP contribution in [0.2, 0.25) is 0 Å². The monoisotopic (exact) mass is 365 g/mol. The molecule has 0 spiro atoms. The summed E-state index contributed by atoms with van der Waals surface area (Å²) in [5, 5.41) is 3.08. The van der Waals surface area contributed by atoms with Crippen LogP contribution in [0.15, 0.2) is 53.5 Å². The first-order valence-electron chi connectivity index (χ1n) is 7.40. The number of para-hydroxylation sites is 1. The van der Waals surface area contributed by atoms with Crippen LogP contribution in [0.5, 0.6) is 0 Å². The zero-order valence-corrected chi connectivity index (χ0v) is 13.7. The maximum absolute atomic E-state index is 12.8. The average molecular weight is 365 g/mol. The van der Waals surface area contributed by atoms with Crippen LogP contribution in [0.1, 0.15) is 22.8 Å². The van der Waals surface area contributed by atoms with Crippen molar-refractivity contribution in [2.45, 2.75) is 17.8 Å². The van der Waals surface area contributed by atoms with Crippen LogP contribution < -0.4 is 11.1 Å². The van der Waals surface area contributed by atoms with Gasteiger partial charge in [-0.3, -0.25) is 4.79 Å². The molecule has 4 nitrogen and oxygen atoms in total. The number of amidine groups is 1. The van der Waals surface area contributed by atoms with E-state index in [1.807, 2.05) is 18.2 Å². The summed E-state index contributed by atoms with van der Waals surface area (Å²) in [6.45, 7) is 0. The number of hydrogen-bond donors (Lipinski definition) is 2. The zero-order chi connectivity index (χ0) is 18.0. The first-order chi connectivity index (χ1) is 11.8. The number of nitrogens with zero attached hydrogens (tertiary/aromatic N) is 1. The van der Waals surface area contributed by atoms with E-state index in [1.54, 1.807) is 6.07 Å². The second-order valence-electron chi connectivity index (χ2n) is 5.46. The molecule has 0 aromatic heterocycles. The molecule has 130 valence electrons. The van der Waals surface area contributed by atoms with E-state index in [0.717, 1.165) is 17.7 Å². The molecule has 2 aromatic carbocycles. The van der Waals surface area contributed by atoms with Crippen LogP contribution in [0, 0.1) is 0 Å². The zero-order valence-electron chi connectivity index (χ0n) is 12.9. The third-order valence-corrected chi connectivity index (χ3v) is 4.71. The summed E-state index contributed by atoms with van der Waals surface area (Å²) in [6.07, 6.45) is -4.30. The highest BCUT2D eigenvalue weighted by Crippen LogP contribution is 2.43. The second-order valence-corrected chi connectivity index (χ2v) is 6.65. The van der Waals surface area contributed by atoms with Gasteiger partial charge in [0, 0.05) is 17.4 Å². The number of aliphatic imine (C=N–C) groups is 1. The second kappa shape index (κ2) is 6.79. The van der Waals surface area contributed by atoms with Crippen molar-refractivity contribution < 1.29 is 18.0 Å². The molecule has 0 aliphatic carbocycles. The predicted octanol–water partition coefficient (Wildman–Crippen LogP) is 4.47. The van der Waals surface area contributed by atoms with Gasteiger partial charge in [-0.05, 0) is 29.8 Å². The molecule has 1 aliphatic heterocycles. The Labute approximate surface area is 146 Å². The molecule has 0 bridgehead atoms. The lowest BCUT2D eigenvalue weighted by atomic mass is 10.1. The Bertz CT molecular complexity index is 836. The largest absolute Gasteiger partial charge is 0.416 e. The Morgan fingerprint density at radius 3 is 2.68 bits per heavy atom. The number of benzene rings is 2. The van der Waals surface area contributed by atoms with Crippen molar-refractivity contribution in [2.24, 2.45) is 10.7 Å². The van der Waals surface area contributed by atoms with Crippen LogP contribution in [-0.4, -0.2) is 11.1 Å². The average Bonchev–Trinajstić information content (AvgIpc) is 2.54. The van der Waals surface area contributed by atoms with Gasteiger partial charge in [0.25, 0.3) is 0 Å². The van der Waals surface area contributed by atoms with Crippen molar-refractivity contribution in [1.29, 1.82) is 0 Å². The Morgan fingerprint density at radius 1 is 1.20 bits per heavy atom. The summed E-state index contributed by atoms with van der Waals surface area (Å²) < 4.78 is 38.5. The predicted molar refractivity (Wildman–Crippen MR) is 92.7 cm³/mol. The highest BCUT2D eigenvalue weighted by molar-refractivity contribution is 8.14. The number of amides is 1. The normalized spacial score (nSPS) is 16.8. The quantitative estimate of drug-likeness (QED) is 0.843. The minimum Gasteiger partial charge on any atom is -0.370 e. The summed E-state index contributed by atoms with van der Waals surface area (Å²) in [6, 6.07) is 12.2. The van der Waals surface area contributed by atoms with Crippen molar-refractivity contribution in [2.75, 3.05) is 5.32 Å². The van der Waals surface area contributed by atoms with Crippen molar-refractivity contribution in [3.05, 3.63) is 59.7 Å². The van der Waals surface area contributed by atoms with Gasteiger partial charge in [0.2, 0.25) is 5.91 Å². The molecule has 3 N–H and O–H groups in total. The van der Waals surface area contributed by atoms with E-state index < -0.39 is 17.6 Å². The molecule has 0 radical (unpaired) electrons. The van der Waals surface area contributed by atoms with Gasteiger partial charge in [-0.1, -0.05) is 36.0 Å². The summed E-state index contributed by atoms with van der Waals surface area (Å²) >= 11 is 1.27. The summed E-state index contributed by atoms with van der Waals surface area (Å²) in [5.74, 6) is -0.451. The molecule has 0 saturated carbocycles. The molecule has 0 saturated heterocycles. The number of nitrogens with one attached hydrogen (secondary N) is 1. The number of alkyl halides is 3. The van der Waals surface area contributed by atoms with Crippen LogP contribution in [0.4, 0.5) is 24.5 Å². The molecule has 1 amide bonds. The van der Waals surface area contributed by atoms with Crippen molar-refractivity contribution in [3.8, 4) is 0 Å². The van der Waals surface area contributed by atoms with Gasteiger partial charge >= 0.3 is 6.18 Å². The molecule has 1 atom stereocenters. The highest BCUT2D eigenvalue weighted by Gasteiger charge is 2.31. The lowest BCUT2D eigenvalue weighted by Gasteiger charge is -2.24. The molecule has 1 aliphatic rings. The number of primary amides is 1. The number of hydrogen-bond acceptors (Lipinski definition) is 4. The molecule has 1 unspecified atom stereocenters. The topological polar surface area (TPSA) is 67.5 Å².